The van der Waals surface area contributed by atoms with Crippen LogP contribution in [0.2, 0.25) is 0 Å². The number of nitrogens with one attached hydrogen (secondary N) is 1. The first-order valence-electron chi connectivity index (χ1n) is 5.95. The summed E-state index contributed by atoms with van der Waals surface area (Å²) < 4.78 is 5.45. The maximum atomic E-state index is 11.5. The first-order chi connectivity index (χ1) is 8.83. The molecule has 1 fully saturated rings. The van der Waals surface area contributed by atoms with E-state index in [0.717, 1.165) is 23.7 Å². The number of carbonyl (C=O) groups is 1. The molecule has 0 spiro atoms. The number of rotatable bonds is 4. The Morgan fingerprint density at radius 2 is 2.17 bits per heavy atom. The normalized spacial score (nSPS) is 14.4. The Kier molecular flexibility index (Phi) is 2.80. The number of carbonyl (C=O) groups excluding carboxylic acids is 1. The van der Waals surface area contributed by atoms with E-state index in [1.54, 1.807) is 0 Å². The summed E-state index contributed by atoms with van der Waals surface area (Å²) in [5, 5.41) is 3.68. The maximum Gasteiger partial charge on any atom is 0.258 e. The van der Waals surface area contributed by atoms with E-state index >= 15 is 0 Å². The Balaban J connectivity index is 1.71. The number of amides is 1. The fourth-order valence-corrected chi connectivity index (χ4v) is 1.73. The number of aromatic nitrogens is 2. The lowest BCUT2D eigenvalue weighted by Gasteiger charge is -2.07. The second-order valence-corrected chi connectivity index (χ2v) is 4.33. The molecule has 1 aromatic carbocycles. The molecule has 92 valence electrons. The van der Waals surface area contributed by atoms with Gasteiger partial charge in [-0.15, -0.1) is 0 Å². The average molecular weight is 243 g/mol. The maximum absolute atomic E-state index is 11.5. The van der Waals surface area contributed by atoms with Gasteiger partial charge in [0, 0.05) is 6.04 Å². The van der Waals surface area contributed by atoms with Crippen molar-refractivity contribution in [3.05, 3.63) is 30.6 Å². The number of hydrogen-bond acceptors (Lipinski definition) is 4. The molecule has 5 heteroatoms. The van der Waals surface area contributed by atoms with E-state index in [0.29, 0.717) is 11.9 Å². The highest BCUT2D eigenvalue weighted by Crippen LogP contribution is 2.21. The highest BCUT2D eigenvalue weighted by molar-refractivity contribution is 5.84. The van der Waals surface area contributed by atoms with Crippen LogP contribution in [0.4, 0.5) is 0 Å². The highest BCUT2D eigenvalue weighted by Gasteiger charge is 2.23. The molecule has 0 aliphatic heterocycles. The summed E-state index contributed by atoms with van der Waals surface area (Å²) in [6, 6.07) is 7.91. The first-order valence-corrected chi connectivity index (χ1v) is 5.95. The van der Waals surface area contributed by atoms with Crippen molar-refractivity contribution in [3.63, 3.8) is 0 Å². The molecule has 1 aliphatic carbocycles. The number of benzene rings is 1. The molecule has 0 unspecified atom stereocenters. The van der Waals surface area contributed by atoms with Crippen molar-refractivity contribution in [1.29, 1.82) is 0 Å². The average Bonchev–Trinajstić information content (AvgIpc) is 3.20. The number of nitrogens with zero attached hydrogens (tertiary/aromatic N) is 2. The van der Waals surface area contributed by atoms with Gasteiger partial charge in [-0.3, -0.25) is 4.79 Å². The molecule has 1 N–H and O–H groups in total. The van der Waals surface area contributed by atoms with E-state index in [1.807, 2.05) is 24.3 Å². The topological polar surface area (TPSA) is 64.1 Å². The van der Waals surface area contributed by atoms with E-state index in [1.165, 1.54) is 6.33 Å². The van der Waals surface area contributed by atoms with Crippen LogP contribution < -0.4 is 10.1 Å². The van der Waals surface area contributed by atoms with Crippen LogP contribution in [0, 0.1) is 0 Å². The second-order valence-electron chi connectivity index (χ2n) is 4.33. The lowest BCUT2D eigenvalue weighted by molar-refractivity contribution is -0.123. The summed E-state index contributed by atoms with van der Waals surface area (Å²) in [6.07, 6.45) is 3.58. The van der Waals surface area contributed by atoms with Gasteiger partial charge in [-0.1, -0.05) is 12.1 Å². The van der Waals surface area contributed by atoms with Crippen LogP contribution >= 0.6 is 0 Å². The lowest BCUT2D eigenvalue weighted by Crippen LogP contribution is -2.30. The zero-order chi connectivity index (χ0) is 12.4. The molecule has 18 heavy (non-hydrogen) atoms. The van der Waals surface area contributed by atoms with Crippen molar-refractivity contribution in [3.8, 4) is 5.88 Å². The molecular weight excluding hydrogens is 230 g/mol. The van der Waals surface area contributed by atoms with Gasteiger partial charge in [0.25, 0.3) is 5.91 Å². The molecule has 1 amide bonds. The largest absolute Gasteiger partial charge is 0.467 e. The molecule has 0 atom stereocenters. The Morgan fingerprint density at radius 3 is 3.00 bits per heavy atom. The molecule has 2 aromatic rings. The summed E-state index contributed by atoms with van der Waals surface area (Å²) in [5.74, 6) is 0.353. The van der Waals surface area contributed by atoms with Gasteiger partial charge in [0.05, 0.1) is 10.9 Å². The SMILES string of the molecule is O=C(COc1ncnc2ccccc12)NC1CC1. The van der Waals surface area contributed by atoms with Crippen molar-refractivity contribution >= 4 is 16.8 Å². The van der Waals surface area contributed by atoms with Crippen LogP contribution in [0.15, 0.2) is 30.6 Å². The van der Waals surface area contributed by atoms with Crippen molar-refractivity contribution < 1.29 is 9.53 Å². The molecule has 0 bridgehead atoms. The quantitative estimate of drug-likeness (QED) is 0.878. The second kappa shape index (κ2) is 4.60. The fourth-order valence-electron chi connectivity index (χ4n) is 1.73. The van der Waals surface area contributed by atoms with Crippen molar-refractivity contribution in [2.75, 3.05) is 6.61 Å². The van der Waals surface area contributed by atoms with Gasteiger partial charge in [-0.2, -0.15) is 0 Å². The molecule has 1 heterocycles. The Morgan fingerprint density at radius 1 is 1.33 bits per heavy atom. The van der Waals surface area contributed by atoms with Crippen LogP contribution in [-0.4, -0.2) is 28.5 Å². The minimum atomic E-state index is -0.0970. The Hall–Kier alpha value is -2.17. The predicted molar refractivity (Wildman–Crippen MR) is 66.2 cm³/mol. The minimum Gasteiger partial charge on any atom is -0.467 e. The zero-order valence-electron chi connectivity index (χ0n) is 9.80. The minimum absolute atomic E-state index is 0.00247. The number of para-hydroxylation sites is 1. The van der Waals surface area contributed by atoms with Crippen LogP contribution in [0.5, 0.6) is 5.88 Å². The predicted octanol–water partition coefficient (Wildman–Crippen LogP) is 1.29. The summed E-state index contributed by atoms with van der Waals surface area (Å²) in [7, 11) is 0. The van der Waals surface area contributed by atoms with Gasteiger partial charge in [0.2, 0.25) is 5.88 Å². The molecule has 3 rings (SSSR count). The van der Waals surface area contributed by atoms with Gasteiger partial charge in [-0.05, 0) is 25.0 Å². The third-order valence-electron chi connectivity index (χ3n) is 2.79. The van der Waals surface area contributed by atoms with Gasteiger partial charge in [0.15, 0.2) is 6.61 Å². The third kappa shape index (κ3) is 2.40. The standard InChI is InChI=1S/C13H13N3O2/c17-12(16-9-5-6-9)7-18-13-10-3-1-2-4-11(10)14-8-15-13/h1-4,8-9H,5-7H2,(H,16,17). The summed E-state index contributed by atoms with van der Waals surface area (Å²) in [6.45, 7) is -0.00247. The molecule has 5 nitrogen and oxygen atoms in total. The van der Waals surface area contributed by atoms with Crippen LogP contribution in [-0.2, 0) is 4.79 Å². The zero-order valence-corrected chi connectivity index (χ0v) is 9.80. The smallest absolute Gasteiger partial charge is 0.258 e. The molecule has 1 aromatic heterocycles. The first kappa shape index (κ1) is 11.0. The monoisotopic (exact) mass is 243 g/mol. The van der Waals surface area contributed by atoms with E-state index in [-0.39, 0.29) is 12.5 Å². The van der Waals surface area contributed by atoms with E-state index in [2.05, 4.69) is 15.3 Å². The van der Waals surface area contributed by atoms with Crippen molar-refractivity contribution in [2.24, 2.45) is 0 Å². The number of hydrogen-bond donors (Lipinski definition) is 1. The van der Waals surface area contributed by atoms with E-state index < -0.39 is 0 Å². The Labute approximate surface area is 104 Å². The van der Waals surface area contributed by atoms with Crippen molar-refractivity contribution in [2.45, 2.75) is 18.9 Å². The summed E-state index contributed by atoms with van der Waals surface area (Å²) >= 11 is 0. The third-order valence-corrected chi connectivity index (χ3v) is 2.79. The number of ether oxygens (including phenoxy) is 1. The summed E-state index contributed by atoms with van der Waals surface area (Å²) in [4.78, 5) is 19.7. The van der Waals surface area contributed by atoms with Gasteiger partial charge in [-0.25, -0.2) is 9.97 Å². The molecule has 1 saturated carbocycles. The molecule has 1 aliphatic rings. The van der Waals surface area contributed by atoms with Crippen LogP contribution in [0.3, 0.4) is 0 Å². The highest BCUT2D eigenvalue weighted by atomic mass is 16.5. The van der Waals surface area contributed by atoms with E-state index in [4.69, 9.17) is 4.74 Å². The molecule has 0 radical (unpaired) electrons. The Bertz CT molecular complexity index is 576. The lowest BCUT2D eigenvalue weighted by atomic mass is 10.2. The van der Waals surface area contributed by atoms with Gasteiger partial charge < -0.3 is 10.1 Å². The molecular formula is C13H13N3O2. The summed E-state index contributed by atoms with van der Waals surface area (Å²) in [5.41, 5.74) is 0.810. The fraction of sp³-hybridized carbons (Fsp3) is 0.308. The van der Waals surface area contributed by atoms with Gasteiger partial charge >= 0.3 is 0 Å². The number of fused-ring (bicyclic) bond motifs is 1. The molecule has 0 saturated heterocycles. The van der Waals surface area contributed by atoms with Crippen LogP contribution in [0.25, 0.3) is 10.9 Å². The van der Waals surface area contributed by atoms with Crippen molar-refractivity contribution in [1.82, 2.24) is 15.3 Å². The van der Waals surface area contributed by atoms with Gasteiger partial charge in [0.1, 0.15) is 6.33 Å². The van der Waals surface area contributed by atoms with E-state index in [9.17, 15) is 4.79 Å². The van der Waals surface area contributed by atoms with Crippen LogP contribution in [0.1, 0.15) is 12.8 Å².